The summed E-state index contributed by atoms with van der Waals surface area (Å²) in [6.07, 6.45) is 5.32. The molecule has 2 aliphatic carbocycles. The monoisotopic (exact) mass is 311 g/mol. The minimum atomic E-state index is -0.347. The van der Waals surface area contributed by atoms with Crippen molar-refractivity contribution in [1.29, 1.82) is 0 Å². The van der Waals surface area contributed by atoms with E-state index in [0.717, 1.165) is 6.42 Å². The van der Waals surface area contributed by atoms with Crippen LogP contribution in [-0.2, 0) is 14.4 Å². The van der Waals surface area contributed by atoms with Crippen LogP contribution in [0.15, 0.2) is 36.4 Å². The van der Waals surface area contributed by atoms with Gasteiger partial charge >= 0.3 is 5.97 Å². The normalized spacial score (nSPS) is 30.9. The Hall–Kier alpha value is -2.43. The Morgan fingerprint density at radius 3 is 2.43 bits per heavy atom. The second kappa shape index (κ2) is 5.05. The smallest absolute Gasteiger partial charge is 0.310 e. The molecule has 0 N–H and O–H groups in total. The minimum absolute atomic E-state index is 0.129. The van der Waals surface area contributed by atoms with Gasteiger partial charge < -0.3 is 4.74 Å². The van der Waals surface area contributed by atoms with Crippen LogP contribution in [0.2, 0.25) is 0 Å². The third-order valence-electron chi connectivity index (χ3n) is 5.07. The maximum atomic E-state index is 12.7. The molecule has 1 saturated carbocycles. The molecule has 2 amide bonds. The summed E-state index contributed by atoms with van der Waals surface area (Å²) < 4.78 is 5.18. The largest absolute Gasteiger partial charge is 0.426 e. The lowest BCUT2D eigenvalue weighted by Gasteiger charge is -2.17. The average molecular weight is 311 g/mol. The second-order valence-electron chi connectivity index (χ2n) is 6.34. The first-order valence-electron chi connectivity index (χ1n) is 7.97. The molecule has 23 heavy (non-hydrogen) atoms. The van der Waals surface area contributed by atoms with Crippen LogP contribution >= 0.6 is 0 Å². The van der Waals surface area contributed by atoms with E-state index in [1.807, 2.05) is 0 Å². The number of esters is 1. The van der Waals surface area contributed by atoms with Crippen LogP contribution in [0.25, 0.3) is 0 Å². The van der Waals surface area contributed by atoms with Crippen molar-refractivity contribution in [1.82, 2.24) is 0 Å². The highest BCUT2D eigenvalue weighted by atomic mass is 16.5. The molecule has 2 bridgehead atoms. The molecule has 1 heterocycles. The van der Waals surface area contributed by atoms with E-state index in [2.05, 4.69) is 12.2 Å². The summed E-state index contributed by atoms with van der Waals surface area (Å²) >= 11 is 0. The Morgan fingerprint density at radius 2 is 1.83 bits per heavy atom. The molecule has 1 aromatic carbocycles. The highest BCUT2D eigenvalue weighted by molar-refractivity contribution is 6.22. The van der Waals surface area contributed by atoms with Gasteiger partial charge in [0.15, 0.2) is 0 Å². The number of anilines is 1. The Morgan fingerprint density at radius 1 is 1.17 bits per heavy atom. The summed E-state index contributed by atoms with van der Waals surface area (Å²) in [5.41, 5.74) is 0.482. The van der Waals surface area contributed by atoms with Gasteiger partial charge in [0.05, 0.1) is 17.5 Å². The average Bonchev–Trinajstić information content (AvgIpc) is 3.21. The van der Waals surface area contributed by atoms with E-state index in [4.69, 9.17) is 4.74 Å². The number of benzene rings is 1. The molecule has 0 unspecified atom stereocenters. The van der Waals surface area contributed by atoms with Gasteiger partial charge in [0.1, 0.15) is 5.75 Å². The fourth-order valence-electron chi connectivity index (χ4n) is 4.05. The van der Waals surface area contributed by atoms with Gasteiger partial charge in [-0.3, -0.25) is 14.4 Å². The molecule has 0 spiro atoms. The summed E-state index contributed by atoms with van der Waals surface area (Å²) in [4.78, 5) is 38.2. The van der Waals surface area contributed by atoms with E-state index in [-0.39, 0.29) is 47.9 Å². The van der Waals surface area contributed by atoms with Crippen molar-refractivity contribution in [3.8, 4) is 5.75 Å². The maximum absolute atomic E-state index is 12.7. The number of hydrogen-bond acceptors (Lipinski definition) is 4. The zero-order valence-electron chi connectivity index (χ0n) is 12.8. The summed E-state index contributed by atoms with van der Waals surface area (Å²) in [5.74, 6) is -0.320. The van der Waals surface area contributed by atoms with Crippen LogP contribution in [0.5, 0.6) is 5.75 Å². The van der Waals surface area contributed by atoms with Crippen molar-refractivity contribution < 1.29 is 19.1 Å². The number of carbonyl (C=O) groups is 3. The number of amides is 2. The molecule has 1 saturated heterocycles. The fraction of sp³-hybridized carbons (Fsp3) is 0.389. The van der Waals surface area contributed by atoms with Gasteiger partial charge in [0, 0.05) is 12.5 Å². The Labute approximate surface area is 133 Å². The van der Waals surface area contributed by atoms with Crippen molar-refractivity contribution in [3.05, 3.63) is 36.4 Å². The number of nitrogens with zero attached hydrogens (tertiary/aromatic N) is 1. The van der Waals surface area contributed by atoms with Gasteiger partial charge in [-0.25, -0.2) is 4.90 Å². The molecule has 2 fully saturated rings. The zero-order valence-corrected chi connectivity index (χ0v) is 12.8. The van der Waals surface area contributed by atoms with Crippen LogP contribution in [0.4, 0.5) is 5.69 Å². The molecule has 0 radical (unpaired) electrons. The molecule has 0 aromatic heterocycles. The van der Waals surface area contributed by atoms with E-state index >= 15 is 0 Å². The van der Waals surface area contributed by atoms with Crippen molar-refractivity contribution in [2.75, 3.05) is 4.90 Å². The Bertz CT molecular complexity index is 708. The molecule has 5 heteroatoms. The highest BCUT2D eigenvalue weighted by Crippen LogP contribution is 2.53. The van der Waals surface area contributed by atoms with Crippen LogP contribution in [0.3, 0.4) is 0 Å². The summed E-state index contributed by atoms with van der Waals surface area (Å²) in [6.45, 7) is 1.71. The SMILES string of the molecule is CCC(=O)Oc1cccc(N2C(=O)[C@@H]3[C@@H](C2=O)[C@@H]2C=C[C@@H]3C2)c1. The molecule has 4 rings (SSSR count). The van der Waals surface area contributed by atoms with Crippen LogP contribution in [-0.4, -0.2) is 17.8 Å². The number of allylic oxidation sites excluding steroid dienone is 2. The zero-order chi connectivity index (χ0) is 16.1. The molecule has 4 atom stereocenters. The maximum Gasteiger partial charge on any atom is 0.310 e. The summed E-state index contributed by atoms with van der Waals surface area (Å²) in [6, 6.07) is 6.62. The lowest BCUT2D eigenvalue weighted by Crippen LogP contribution is -2.32. The van der Waals surface area contributed by atoms with E-state index in [1.54, 1.807) is 31.2 Å². The fourth-order valence-corrected chi connectivity index (χ4v) is 4.05. The summed E-state index contributed by atoms with van der Waals surface area (Å²) in [5, 5.41) is 0. The van der Waals surface area contributed by atoms with Crippen LogP contribution in [0.1, 0.15) is 19.8 Å². The van der Waals surface area contributed by atoms with E-state index in [9.17, 15) is 14.4 Å². The van der Waals surface area contributed by atoms with E-state index in [1.165, 1.54) is 4.90 Å². The predicted molar refractivity (Wildman–Crippen MR) is 82.6 cm³/mol. The number of ether oxygens (including phenoxy) is 1. The molecule has 5 nitrogen and oxygen atoms in total. The van der Waals surface area contributed by atoms with Gasteiger partial charge in [-0.15, -0.1) is 0 Å². The first kappa shape index (κ1) is 14.2. The first-order valence-corrected chi connectivity index (χ1v) is 7.97. The highest BCUT2D eigenvalue weighted by Gasteiger charge is 2.59. The number of hydrogen-bond donors (Lipinski definition) is 0. The minimum Gasteiger partial charge on any atom is -0.426 e. The third kappa shape index (κ3) is 2.03. The van der Waals surface area contributed by atoms with Crippen LogP contribution in [0, 0.1) is 23.7 Å². The van der Waals surface area contributed by atoms with Crippen LogP contribution < -0.4 is 9.64 Å². The van der Waals surface area contributed by atoms with Crippen molar-refractivity contribution in [3.63, 3.8) is 0 Å². The Kier molecular flexibility index (Phi) is 3.11. The van der Waals surface area contributed by atoms with E-state index in [0.29, 0.717) is 11.4 Å². The molecule has 118 valence electrons. The lowest BCUT2D eigenvalue weighted by molar-refractivity contribution is -0.134. The third-order valence-corrected chi connectivity index (χ3v) is 5.07. The second-order valence-corrected chi connectivity index (χ2v) is 6.34. The molecular formula is C18H17NO4. The first-order chi connectivity index (χ1) is 11.1. The Balaban J connectivity index is 1.64. The predicted octanol–water partition coefficient (Wildman–Crippen LogP) is 2.31. The van der Waals surface area contributed by atoms with Gasteiger partial charge in [-0.2, -0.15) is 0 Å². The topological polar surface area (TPSA) is 63.7 Å². The van der Waals surface area contributed by atoms with Gasteiger partial charge in [0.2, 0.25) is 11.8 Å². The molecular weight excluding hydrogens is 294 g/mol. The summed E-state index contributed by atoms with van der Waals surface area (Å²) in [7, 11) is 0. The lowest BCUT2D eigenvalue weighted by atomic mass is 9.85. The number of carbonyl (C=O) groups excluding carboxylic acids is 3. The molecule has 1 aliphatic heterocycles. The van der Waals surface area contributed by atoms with Crippen molar-refractivity contribution in [2.45, 2.75) is 19.8 Å². The molecule has 3 aliphatic rings. The number of fused-ring (bicyclic) bond motifs is 5. The standard InChI is InChI=1S/C18H17NO4/c1-2-14(20)23-13-5-3-4-12(9-13)19-17(21)15-10-6-7-11(8-10)16(15)18(19)22/h3-7,9-11,15-16H,2,8H2,1H3/t10-,11-,15+,16+/m1/s1. The van der Waals surface area contributed by atoms with Crippen molar-refractivity contribution >= 4 is 23.5 Å². The van der Waals surface area contributed by atoms with Gasteiger partial charge in [0.25, 0.3) is 0 Å². The van der Waals surface area contributed by atoms with Gasteiger partial charge in [-0.05, 0) is 30.4 Å². The quantitative estimate of drug-likeness (QED) is 0.372. The van der Waals surface area contributed by atoms with E-state index < -0.39 is 0 Å². The number of rotatable bonds is 3. The number of imide groups is 1. The molecule has 1 aromatic rings. The van der Waals surface area contributed by atoms with Gasteiger partial charge in [-0.1, -0.05) is 25.1 Å². The van der Waals surface area contributed by atoms with Crippen molar-refractivity contribution in [2.24, 2.45) is 23.7 Å².